The van der Waals surface area contributed by atoms with Crippen molar-refractivity contribution < 1.29 is 9.59 Å². The van der Waals surface area contributed by atoms with Crippen molar-refractivity contribution in [1.29, 1.82) is 5.26 Å². The number of carbonyl (C=O) groups is 2. The van der Waals surface area contributed by atoms with E-state index in [1.54, 1.807) is 4.90 Å². The van der Waals surface area contributed by atoms with E-state index in [1.807, 2.05) is 19.1 Å². The average molecular weight is 400 g/mol. The summed E-state index contributed by atoms with van der Waals surface area (Å²) < 4.78 is 0. The Labute approximate surface area is 169 Å². The Morgan fingerprint density at radius 2 is 2.21 bits per heavy atom. The lowest BCUT2D eigenvalue weighted by atomic mass is 10.0. The molecule has 0 unspecified atom stereocenters. The number of nitrogens with one attached hydrogen (secondary N) is 2. The molecule has 0 saturated heterocycles. The molecule has 0 radical (unpaired) electrons. The highest BCUT2D eigenvalue weighted by Crippen LogP contribution is 2.36. The summed E-state index contributed by atoms with van der Waals surface area (Å²) >= 11 is 1.37. The zero-order valence-corrected chi connectivity index (χ0v) is 16.8. The summed E-state index contributed by atoms with van der Waals surface area (Å²) in [6.07, 6.45) is 8.09. The average Bonchev–Trinajstić information content (AvgIpc) is 3.02. The van der Waals surface area contributed by atoms with Crippen LogP contribution < -0.4 is 16.4 Å². The number of nitriles is 1. The van der Waals surface area contributed by atoms with E-state index in [9.17, 15) is 14.9 Å². The molecule has 0 aliphatic carbocycles. The fourth-order valence-corrected chi connectivity index (χ4v) is 4.16. The molecule has 1 aliphatic rings. The van der Waals surface area contributed by atoms with Crippen LogP contribution >= 0.6 is 11.3 Å². The molecule has 7 nitrogen and oxygen atoms in total. The van der Waals surface area contributed by atoms with Crippen molar-refractivity contribution in [2.75, 3.05) is 18.4 Å². The zero-order chi connectivity index (χ0) is 20.5. The van der Waals surface area contributed by atoms with Crippen LogP contribution in [0.25, 0.3) is 0 Å². The molecule has 0 aromatic carbocycles. The summed E-state index contributed by atoms with van der Waals surface area (Å²) in [6.45, 7) is 6.94. The molecule has 28 heavy (non-hydrogen) atoms. The molecule has 2 amide bonds. The molecule has 0 spiro atoms. The Morgan fingerprint density at radius 3 is 2.89 bits per heavy atom. The SMILES string of the molecule is C=C(/C=C\C)CCC(=O)Nc1sc2c(c1C#N)CCN(C(=O)CN/C=C\N)C2. The molecule has 1 aliphatic heterocycles. The molecule has 0 bridgehead atoms. The van der Waals surface area contributed by atoms with Gasteiger partial charge in [-0.25, -0.2) is 0 Å². The molecule has 148 valence electrons. The Bertz CT molecular complexity index is 848. The van der Waals surface area contributed by atoms with Gasteiger partial charge in [-0.3, -0.25) is 9.59 Å². The highest BCUT2D eigenvalue weighted by atomic mass is 32.1. The van der Waals surface area contributed by atoms with E-state index in [4.69, 9.17) is 5.73 Å². The number of amides is 2. The minimum absolute atomic E-state index is 0.0382. The molecule has 0 fully saturated rings. The second-order valence-electron chi connectivity index (χ2n) is 6.33. The molecule has 1 aromatic heterocycles. The van der Waals surface area contributed by atoms with Gasteiger partial charge >= 0.3 is 0 Å². The van der Waals surface area contributed by atoms with Crippen LogP contribution in [-0.4, -0.2) is 29.8 Å². The van der Waals surface area contributed by atoms with Gasteiger partial charge in [-0.2, -0.15) is 5.26 Å². The van der Waals surface area contributed by atoms with E-state index in [2.05, 4.69) is 23.3 Å². The smallest absolute Gasteiger partial charge is 0.242 e. The van der Waals surface area contributed by atoms with E-state index >= 15 is 0 Å². The maximum Gasteiger partial charge on any atom is 0.242 e. The summed E-state index contributed by atoms with van der Waals surface area (Å²) in [5.41, 5.74) is 7.57. The van der Waals surface area contributed by atoms with Crippen molar-refractivity contribution in [2.24, 2.45) is 5.73 Å². The Balaban J connectivity index is 2.04. The summed E-state index contributed by atoms with van der Waals surface area (Å²) in [5.74, 6) is -0.185. The van der Waals surface area contributed by atoms with Gasteiger partial charge in [0, 0.05) is 30.2 Å². The summed E-state index contributed by atoms with van der Waals surface area (Å²) in [6, 6.07) is 2.21. The number of anilines is 1. The number of nitrogens with zero attached hydrogens (tertiary/aromatic N) is 2. The van der Waals surface area contributed by atoms with Crippen LogP contribution in [0.5, 0.6) is 0 Å². The molecule has 8 heteroatoms. The minimum Gasteiger partial charge on any atom is -0.403 e. The minimum atomic E-state index is -0.147. The fourth-order valence-electron chi connectivity index (χ4n) is 2.93. The number of carbonyl (C=O) groups excluding carboxylic acids is 2. The van der Waals surface area contributed by atoms with Crippen molar-refractivity contribution in [3.8, 4) is 6.07 Å². The molecular formula is C20H25N5O2S. The molecular weight excluding hydrogens is 374 g/mol. The molecule has 1 aromatic rings. The lowest BCUT2D eigenvalue weighted by Gasteiger charge is -2.27. The van der Waals surface area contributed by atoms with E-state index in [-0.39, 0.29) is 18.4 Å². The monoisotopic (exact) mass is 399 g/mol. The first-order valence-electron chi connectivity index (χ1n) is 9.03. The standard InChI is InChI=1S/C20H25N5O2S/c1-3-4-14(2)5-6-18(26)24-20-16(11-22)15-7-10-25(13-17(15)28-20)19(27)12-23-9-8-21/h3-4,8-9,23H,2,5-7,10,12-13,21H2,1H3,(H,24,26)/b4-3-,9-8-. The molecule has 0 atom stereocenters. The van der Waals surface area contributed by atoms with Gasteiger partial charge in [0.2, 0.25) is 11.8 Å². The summed E-state index contributed by atoms with van der Waals surface area (Å²) in [5, 5.41) is 15.8. The van der Waals surface area contributed by atoms with Crippen LogP contribution in [0.3, 0.4) is 0 Å². The first-order valence-corrected chi connectivity index (χ1v) is 9.84. The fraction of sp³-hybridized carbons (Fsp3) is 0.350. The summed E-state index contributed by atoms with van der Waals surface area (Å²) in [7, 11) is 0. The van der Waals surface area contributed by atoms with Gasteiger partial charge in [0.15, 0.2) is 0 Å². The third kappa shape index (κ3) is 5.47. The number of hydrogen-bond acceptors (Lipinski definition) is 6. The van der Waals surface area contributed by atoms with Crippen molar-refractivity contribution in [1.82, 2.24) is 10.2 Å². The first kappa shape index (κ1) is 21.3. The van der Waals surface area contributed by atoms with Gasteiger partial charge in [-0.1, -0.05) is 24.3 Å². The predicted molar refractivity (Wildman–Crippen MR) is 111 cm³/mol. The third-order valence-electron chi connectivity index (χ3n) is 4.32. The van der Waals surface area contributed by atoms with E-state index < -0.39 is 0 Å². The Kier molecular flexibility index (Phi) is 7.84. The Morgan fingerprint density at radius 1 is 1.43 bits per heavy atom. The van der Waals surface area contributed by atoms with E-state index in [0.717, 1.165) is 16.0 Å². The van der Waals surface area contributed by atoms with Crippen LogP contribution in [0.1, 0.15) is 35.8 Å². The van der Waals surface area contributed by atoms with Gasteiger partial charge < -0.3 is 21.3 Å². The van der Waals surface area contributed by atoms with E-state index in [1.165, 1.54) is 23.7 Å². The number of rotatable bonds is 8. The van der Waals surface area contributed by atoms with Crippen molar-refractivity contribution in [3.05, 3.63) is 52.7 Å². The second kappa shape index (κ2) is 10.3. The molecule has 0 saturated carbocycles. The van der Waals surface area contributed by atoms with Gasteiger partial charge in [0.1, 0.15) is 11.1 Å². The van der Waals surface area contributed by atoms with Crippen molar-refractivity contribution in [3.63, 3.8) is 0 Å². The Hall–Kier alpha value is -3.05. The molecule has 2 rings (SSSR count). The van der Waals surface area contributed by atoms with Crippen LogP contribution in [0.4, 0.5) is 5.00 Å². The number of allylic oxidation sites excluding steroid dienone is 3. The van der Waals surface area contributed by atoms with Crippen LogP contribution in [0.15, 0.2) is 36.7 Å². The molecule has 4 N–H and O–H groups in total. The summed E-state index contributed by atoms with van der Waals surface area (Å²) in [4.78, 5) is 27.2. The van der Waals surface area contributed by atoms with Gasteiger partial charge in [0.25, 0.3) is 0 Å². The first-order chi connectivity index (χ1) is 13.5. The van der Waals surface area contributed by atoms with Crippen LogP contribution in [-0.2, 0) is 22.6 Å². The topological polar surface area (TPSA) is 111 Å². The second-order valence-corrected chi connectivity index (χ2v) is 7.44. The highest BCUT2D eigenvalue weighted by molar-refractivity contribution is 7.16. The number of thiophene rings is 1. The lowest BCUT2D eigenvalue weighted by molar-refractivity contribution is -0.130. The largest absolute Gasteiger partial charge is 0.403 e. The number of hydrogen-bond donors (Lipinski definition) is 3. The highest BCUT2D eigenvalue weighted by Gasteiger charge is 2.27. The molecule has 2 heterocycles. The number of fused-ring (bicyclic) bond motifs is 1. The normalized spacial score (nSPS) is 13.4. The quantitative estimate of drug-likeness (QED) is 0.581. The predicted octanol–water partition coefficient (Wildman–Crippen LogP) is 2.37. The van der Waals surface area contributed by atoms with Gasteiger partial charge in [-0.05, 0) is 25.3 Å². The van der Waals surface area contributed by atoms with Gasteiger partial charge in [0.05, 0.1) is 18.7 Å². The van der Waals surface area contributed by atoms with Crippen LogP contribution in [0, 0.1) is 11.3 Å². The van der Waals surface area contributed by atoms with Crippen LogP contribution in [0.2, 0.25) is 0 Å². The number of nitrogens with two attached hydrogens (primary N) is 1. The van der Waals surface area contributed by atoms with Crippen molar-refractivity contribution >= 4 is 28.2 Å². The van der Waals surface area contributed by atoms with Gasteiger partial charge in [-0.15, -0.1) is 11.3 Å². The maximum atomic E-state index is 12.3. The van der Waals surface area contributed by atoms with Crippen molar-refractivity contribution in [2.45, 2.75) is 32.7 Å². The van der Waals surface area contributed by atoms with E-state index in [0.29, 0.717) is 42.9 Å². The third-order valence-corrected chi connectivity index (χ3v) is 5.45. The lowest BCUT2D eigenvalue weighted by Crippen LogP contribution is -2.39. The zero-order valence-electron chi connectivity index (χ0n) is 16.0. The maximum absolute atomic E-state index is 12.3.